The average Bonchev–Trinajstić information content (AvgIpc) is 3.52. The molecule has 1 aliphatic carbocycles. The molecule has 6 rings (SSSR count). The highest BCUT2D eigenvalue weighted by atomic mass is 35.5. The first-order valence-electron chi connectivity index (χ1n) is 12.6. The van der Waals surface area contributed by atoms with Crippen LogP contribution >= 0.6 is 23.2 Å². The molecule has 2 unspecified atom stereocenters. The Labute approximate surface area is 221 Å². The minimum Gasteiger partial charge on any atom is -0.360 e. The van der Waals surface area contributed by atoms with Crippen LogP contribution in [-0.2, 0) is 10.2 Å². The van der Waals surface area contributed by atoms with E-state index >= 15 is 0 Å². The number of allylic oxidation sites excluding steroid dienone is 1. The molecule has 2 aromatic carbocycles. The lowest BCUT2D eigenvalue weighted by Gasteiger charge is -2.46. The number of halogens is 2. The summed E-state index contributed by atoms with van der Waals surface area (Å²) in [6, 6.07) is 12.7. The van der Waals surface area contributed by atoms with Gasteiger partial charge in [-0.1, -0.05) is 66.5 Å². The van der Waals surface area contributed by atoms with Crippen molar-refractivity contribution >= 4 is 51.9 Å². The van der Waals surface area contributed by atoms with Gasteiger partial charge in [0.25, 0.3) is 0 Å². The molecule has 186 valence electrons. The zero-order valence-corrected chi connectivity index (χ0v) is 21.8. The standard InChI is InChI=1S/C28H29Cl2N5O/c1-18-15-34(11-9-28(18)8-6-19-4-2-3-5-22(19)28)20-7-10-35(16-20)26(36)14-31-27-21-12-23(29)24(30)13-25(21)32-17-33-27/h2-6,8,12-13,17-18,20H,7,9-11,14-16H2,1H3,(H,31,32,33)/t18-,20?,28?/m0/s1. The van der Waals surface area contributed by atoms with Crippen LogP contribution in [0.2, 0.25) is 10.0 Å². The van der Waals surface area contributed by atoms with Crippen molar-refractivity contribution in [3.8, 4) is 0 Å². The molecule has 8 heteroatoms. The van der Waals surface area contributed by atoms with Gasteiger partial charge in [-0.3, -0.25) is 9.69 Å². The van der Waals surface area contributed by atoms with E-state index in [9.17, 15) is 4.79 Å². The summed E-state index contributed by atoms with van der Waals surface area (Å²) in [5.74, 6) is 1.20. The number of hydrogen-bond acceptors (Lipinski definition) is 5. The first-order valence-corrected chi connectivity index (χ1v) is 13.3. The number of amides is 1. The molecule has 3 aromatic rings. The first kappa shape index (κ1) is 23.7. The highest BCUT2D eigenvalue weighted by Gasteiger charge is 2.45. The zero-order valence-electron chi connectivity index (χ0n) is 20.3. The molecule has 2 aliphatic heterocycles. The fraction of sp³-hybridized carbons (Fsp3) is 0.393. The molecule has 3 aliphatic rings. The third-order valence-electron chi connectivity index (χ3n) is 8.34. The molecule has 1 amide bonds. The number of hydrogen-bond donors (Lipinski definition) is 1. The summed E-state index contributed by atoms with van der Waals surface area (Å²) in [7, 11) is 0. The van der Waals surface area contributed by atoms with Crippen molar-refractivity contribution in [2.45, 2.75) is 31.2 Å². The molecule has 1 N–H and O–H groups in total. The Morgan fingerprint density at radius 3 is 2.83 bits per heavy atom. The molecule has 3 atom stereocenters. The number of nitrogens with one attached hydrogen (secondary N) is 1. The van der Waals surface area contributed by atoms with Gasteiger partial charge in [-0.05, 0) is 48.6 Å². The lowest BCUT2D eigenvalue weighted by molar-refractivity contribution is -0.128. The fourth-order valence-electron chi connectivity index (χ4n) is 6.28. The van der Waals surface area contributed by atoms with Crippen LogP contribution in [0.25, 0.3) is 17.0 Å². The van der Waals surface area contributed by atoms with Crippen LogP contribution in [0.3, 0.4) is 0 Å². The van der Waals surface area contributed by atoms with Crippen molar-refractivity contribution in [3.63, 3.8) is 0 Å². The Hall–Kier alpha value is -2.67. The van der Waals surface area contributed by atoms with E-state index in [2.05, 4.69) is 63.5 Å². The largest absolute Gasteiger partial charge is 0.360 e. The number of rotatable bonds is 4. The third-order valence-corrected chi connectivity index (χ3v) is 9.06. The molecular formula is C28H29Cl2N5O. The van der Waals surface area contributed by atoms with E-state index in [0.29, 0.717) is 33.3 Å². The van der Waals surface area contributed by atoms with Crippen LogP contribution in [0.4, 0.5) is 5.82 Å². The van der Waals surface area contributed by atoms with Gasteiger partial charge in [-0.15, -0.1) is 0 Å². The van der Waals surface area contributed by atoms with Crippen molar-refractivity contribution in [2.75, 3.05) is 38.0 Å². The highest BCUT2D eigenvalue weighted by Crippen LogP contribution is 2.47. The summed E-state index contributed by atoms with van der Waals surface area (Å²) in [6.45, 7) is 6.24. The number of benzene rings is 2. The number of piperidine rings is 1. The quantitative estimate of drug-likeness (QED) is 0.507. The van der Waals surface area contributed by atoms with Gasteiger partial charge < -0.3 is 10.2 Å². The Balaban J connectivity index is 1.07. The maximum atomic E-state index is 13.1. The lowest BCUT2D eigenvalue weighted by Crippen LogP contribution is -2.51. The molecule has 3 heterocycles. The smallest absolute Gasteiger partial charge is 0.241 e. The number of carbonyl (C=O) groups is 1. The zero-order chi connectivity index (χ0) is 24.9. The number of aromatic nitrogens is 2. The van der Waals surface area contributed by atoms with E-state index in [0.717, 1.165) is 44.4 Å². The minimum absolute atomic E-state index is 0.0819. The molecule has 0 bridgehead atoms. The number of anilines is 1. The molecule has 1 aromatic heterocycles. The molecule has 0 radical (unpaired) electrons. The predicted molar refractivity (Wildman–Crippen MR) is 146 cm³/mol. The van der Waals surface area contributed by atoms with Crippen LogP contribution in [-0.4, -0.2) is 64.4 Å². The number of likely N-dealkylation sites (tertiary alicyclic amines) is 2. The first-order chi connectivity index (χ1) is 17.4. The second kappa shape index (κ2) is 9.33. The third kappa shape index (κ3) is 4.05. The van der Waals surface area contributed by atoms with Gasteiger partial charge in [0.15, 0.2) is 0 Å². The van der Waals surface area contributed by atoms with Crippen molar-refractivity contribution in [1.29, 1.82) is 0 Å². The van der Waals surface area contributed by atoms with Gasteiger partial charge >= 0.3 is 0 Å². The van der Waals surface area contributed by atoms with Gasteiger partial charge in [0, 0.05) is 36.5 Å². The topological polar surface area (TPSA) is 61.4 Å². The van der Waals surface area contributed by atoms with Crippen LogP contribution in [0.15, 0.2) is 48.8 Å². The van der Waals surface area contributed by atoms with E-state index in [-0.39, 0.29) is 17.9 Å². The number of nitrogens with zero attached hydrogens (tertiary/aromatic N) is 4. The van der Waals surface area contributed by atoms with Crippen molar-refractivity contribution in [2.24, 2.45) is 5.92 Å². The maximum Gasteiger partial charge on any atom is 0.241 e. The second-order valence-electron chi connectivity index (χ2n) is 10.2. The Bertz CT molecular complexity index is 1360. The van der Waals surface area contributed by atoms with Crippen LogP contribution in [0.1, 0.15) is 30.9 Å². The maximum absolute atomic E-state index is 13.1. The van der Waals surface area contributed by atoms with E-state index in [1.54, 1.807) is 12.1 Å². The number of carbonyl (C=O) groups excluding carboxylic acids is 1. The summed E-state index contributed by atoms with van der Waals surface area (Å²) < 4.78 is 0. The van der Waals surface area contributed by atoms with E-state index in [4.69, 9.17) is 23.2 Å². The van der Waals surface area contributed by atoms with E-state index in [1.165, 1.54) is 17.5 Å². The summed E-state index contributed by atoms with van der Waals surface area (Å²) >= 11 is 12.3. The molecule has 1 spiro atoms. The van der Waals surface area contributed by atoms with Crippen molar-refractivity contribution in [1.82, 2.24) is 19.8 Å². The van der Waals surface area contributed by atoms with Gasteiger partial charge in [0.05, 0.1) is 22.1 Å². The van der Waals surface area contributed by atoms with E-state index in [1.807, 2.05) is 4.90 Å². The second-order valence-corrected chi connectivity index (χ2v) is 11.1. The van der Waals surface area contributed by atoms with Gasteiger partial charge in [0.2, 0.25) is 5.91 Å². The van der Waals surface area contributed by atoms with Crippen LogP contribution in [0.5, 0.6) is 0 Å². The van der Waals surface area contributed by atoms with Gasteiger partial charge in [-0.2, -0.15) is 0 Å². The van der Waals surface area contributed by atoms with Crippen LogP contribution in [0, 0.1) is 5.92 Å². The Morgan fingerprint density at radius 1 is 1.14 bits per heavy atom. The summed E-state index contributed by atoms with van der Waals surface area (Å²) in [4.78, 5) is 26.2. The Kier molecular flexibility index (Phi) is 6.14. The normalized spacial score (nSPS) is 25.6. The SMILES string of the molecule is C[C@H]1CN(C2CCN(C(=O)CNc3ncnc4cc(Cl)c(Cl)cc34)C2)CCC12C=Cc1ccccc12. The lowest BCUT2D eigenvalue weighted by atomic mass is 9.68. The van der Waals surface area contributed by atoms with Gasteiger partial charge in [0.1, 0.15) is 12.1 Å². The molecule has 36 heavy (non-hydrogen) atoms. The molecule has 6 nitrogen and oxygen atoms in total. The molecule has 2 saturated heterocycles. The fourth-order valence-corrected chi connectivity index (χ4v) is 6.61. The minimum atomic E-state index is 0.0819. The van der Waals surface area contributed by atoms with Crippen molar-refractivity contribution < 1.29 is 4.79 Å². The molecule has 2 fully saturated rings. The summed E-state index contributed by atoms with van der Waals surface area (Å²) in [6.07, 6.45) is 8.35. The molecule has 0 saturated carbocycles. The summed E-state index contributed by atoms with van der Waals surface area (Å²) in [5, 5.41) is 4.82. The van der Waals surface area contributed by atoms with Crippen molar-refractivity contribution in [3.05, 3.63) is 70.0 Å². The monoisotopic (exact) mass is 521 g/mol. The van der Waals surface area contributed by atoms with Crippen LogP contribution < -0.4 is 5.32 Å². The van der Waals surface area contributed by atoms with E-state index < -0.39 is 0 Å². The number of fused-ring (bicyclic) bond motifs is 3. The predicted octanol–water partition coefficient (Wildman–Crippen LogP) is 5.26. The van der Waals surface area contributed by atoms with Gasteiger partial charge in [-0.25, -0.2) is 9.97 Å². The highest BCUT2D eigenvalue weighted by molar-refractivity contribution is 6.42. The summed E-state index contributed by atoms with van der Waals surface area (Å²) in [5.41, 5.74) is 3.68. The molecular weight excluding hydrogens is 493 g/mol. The Morgan fingerprint density at radius 2 is 1.97 bits per heavy atom. The average molecular weight is 522 g/mol.